The maximum Gasteiger partial charge on any atom is 0.265 e. The fourth-order valence-corrected chi connectivity index (χ4v) is 3.39. The van der Waals surface area contributed by atoms with Crippen LogP contribution in [0.5, 0.6) is 17.2 Å². The third-order valence-corrected chi connectivity index (χ3v) is 5.22. The molecule has 0 fully saturated rings. The maximum absolute atomic E-state index is 12.3. The molecule has 0 atom stereocenters. The third-order valence-electron chi connectivity index (χ3n) is 5.22. The molecule has 2 N–H and O–H groups in total. The van der Waals surface area contributed by atoms with Crippen LogP contribution in [0, 0.1) is 0 Å². The smallest absolute Gasteiger partial charge is 0.265 e. The van der Waals surface area contributed by atoms with Crippen LogP contribution in [-0.2, 0) is 6.42 Å². The van der Waals surface area contributed by atoms with Crippen LogP contribution in [0.4, 0.5) is 0 Å². The van der Waals surface area contributed by atoms with E-state index in [9.17, 15) is 4.79 Å². The van der Waals surface area contributed by atoms with E-state index in [1.807, 2.05) is 36.4 Å². The van der Waals surface area contributed by atoms with Crippen LogP contribution in [0.3, 0.4) is 0 Å². The number of carbonyl (C=O) groups is 1. The maximum atomic E-state index is 12.3. The topological polar surface area (TPSA) is 72.1 Å². The molecule has 0 aromatic heterocycles. The molecule has 31 heavy (non-hydrogen) atoms. The Balaban J connectivity index is 1.91. The second kappa shape index (κ2) is 12.8. The van der Waals surface area contributed by atoms with Crippen molar-refractivity contribution in [3.8, 4) is 17.2 Å². The highest BCUT2D eigenvalue weighted by atomic mass is 16.5. The lowest BCUT2D eigenvalue weighted by Gasteiger charge is -2.17. The summed E-state index contributed by atoms with van der Waals surface area (Å²) in [5.74, 6) is 1.69. The lowest BCUT2D eigenvalue weighted by molar-refractivity contribution is 0.0932. The van der Waals surface area contributed by atoms with E-state index in [4.69, 9.17) is 14.2 Å². The minimum absolute atomic E-state index is 0.137. The summed E-state index contributed by atoms with van der Waals surface area (Å²) in [6, 6.07) is 11.5. The SMILES string of the molecule is CCN(CC)CCCNNC(=O)c1ccc(Cc2cc(OC)c(OC)c(OC)c2)cc1. The Morgan fingerprint density at radius 1 is 0.903 bits per heavy atom. The minimum Gasteiger partial charge on any atom is -0.493 e. The number of benzene rings is 2. The summed E-state index contributed by atoms with van der Waals surface area (Å²) in [5, 5.41) is 0. The average Bonchev–Trinajstić information content (AvgIpc) is 2.81. The van der Waals surface area contributed by atoms with Gasteiger partial charge in [0.1, 0.15) is 0 Å². The van der Waals surface area contributed by atoms with Gasteiger partial charge in [0.05, 0.1) is 21.3 Å². The Morgan fingerprint density at radius 3 is 2.03 bits per heavy atom. The number of hydrogen-bond donors (Lipinski definition) is 2. The molecule has 0 spiro atoms. The number of nitrogens with zero attached hydrogens (tertiary/aromatic N) is 1. The summed E-state index contributed by atoms with van der Waals surface area (Å²) in [5.41, 5.74) is 8.50. The quantitative estimate of drug-likeness (QED) is 0.376. The first kappa shape index (κ1) is 24.5. The molecule has 0 saturated carbocycles. The molecule has 2 aromatic carbocycles. The van der Waals surface area contributed by atoms with E-state index in [0.717, 1.165) is 43.7 Å². The van der Waals surface area contributed by atoms with Crippen molar-refractivity contribution in [3.63, 3.8) is 0 Å². The molecule has 0 saturated heterocycles. The van der Waals surface area contributed by atoms with Gasteiger partial charge in [-0.3, -0.25) is 10.2 Å². The van der Waals surface area contributed by atoms with Gasteiger partial charge in [-0.25, -0.2) is 5.43 Å². The molecule has 2 rings (SSSR count). The molecule has 0 bridgehead atoms. The van der Waals surface area contributed by atoms with Gasteiger partial charge in [0.2, 0.25) is 5.75 Å². The molecule has 2 aromatic rings. The minimum atomic E-state index is -0.137. The van der Waals surface area contributed by atoms with Crippen molar-refractivity contribution >= 4 is 5.91 Å². The predicted molar refractivity (Wildman–Crippen MR) is 123 cm³/mol. The van der Waals surface area contributed by atoms with Crippen molar-refractivity contribution in [2.45, 2.75) is 26.7 Å². The number of hydrogen-bond acceptors (Lipinski definition) is 6. The van der Waals surface area contributed by atoms with Crippen LogP contribution in [0.15, 0.2) is 36.4 Å². The van der Waals surface area contributed by atoms with Crippen molar-refractivity contribution < 1.29 is 19.0 Å². The number of nitrogens with one attached hydrogen (secondary N) is 2. The molecular weight excluding hydrogens is 394 g/mol. The van der Waals surface area contributed by atoms with Crippen LogP contribution in [0.2, 0.25) is 0 Å². The molecule has 0 unspecified atom stereocenters. The zero-order valence-corrected chi connectivity index (χ0v) is 19.3. The molecule has 1 amide bonds. The Labute approximate surface area is 185 Å². The fraction of sp³-hybridized carbons (Fsp3) is 0.458. The van der Waals surface area contributed by atoms with E-state index in [-0.39, 0.29) is 5.91 Å². The van der Waals surface area contributed by atoms with Crippen LogP contribution in [0.25, 0.3) is 0 Å². The number of methoxy groups -OCH3 is 3. The van der Waals surface area contributed by atoms with Crippen molar-refractivity contribution in [1.82, 2.24) is 15.8 Å². The normalized spacial score (nSPS) is 10.8. The fourth-order valence-electron chi connectivity index (χ4n) is 3.39. The number of hydrazine groups is 1. The number of carbonyl (C=O) groups excluding carboxylic acids is 1. The molecule has 7 heteroatoms. The van der Waals surface area contributed by atoms with Crippen molar-refractivity contribution in [3.05, 3.63) is 53.1 Å². The van der Waals surface area contributed by atoms with Gasteiger partial charge in [-0.1, -0.05) is 26.0 Å². The molecule has 0 aliphatic carbocycles. The Hall–Kier alpha value is -2.77. The van der Waals surface area contributed by atoms with Gasteiger partial charge in [0.15, 0.2) is 11.5 Å². The lowest BCUT2D eigenvalue weighted by Crippen LogP contribution is -2.39. The Bertz CT molecular complexity index is 795. The molecule has 0 heterocycles. The van der Waals surface area contributed by atoms with Crippen LogP contribution in [0.1, 0.15) is 41.8 Å². The van der Waals surface area contributed by atoms with Crippen LogP contribution in [-0.4, -0.2) is 58.3 Å². The second-order valence-electron chi connectivity index (χ2n) is 7.17. The van der Waals surface area contributed by atoms with E-state index in [2.05, 4.69) is 29.6 Å². The molecule has 0 aliphatic heterocycles. The van der Waals surface area contributed by atoms with E-state index in [1.165, 1.54) is 0 Å². The van der Waals surface area contributed by atoms with Crippen LogP contribution >= 0.6 is 0 Å². The highest BCUT2D eigenvalue weighted by Crippen LogP contribution is 2.38. The van der Waals surface area contributed by atoms with Crippen molar-refractivity contribution in [2.75, 3.05) is 47.5 Å². The third kappa shape index (κ3) is 7.15. The number of ether oxygens (including phenoxy) is 3. The Kier molecular flexibility index (Phi) is 10.1. The van der Waals surface area contributed by atoms with E-state index >= 15 is 0 Å². The van der Waals surface area contributed by atoms with Gasteiger partial charge in [-0.2, -0.15) is 0 Å². The van der Waals surface area contributed by atoms with Gasteiger partial charge in [0.25, 0.3) is 5.91 Å². The molecule has 170 valence electrons. The standard InChI is InChI=1S/C24H35N3O4/c1-6-27(7-2)14-8-13-25-26-24(28)20-11-9-18(10-12-20)15-19-16-21(29-3)23(31-5)22(17-19)30-4/h9-12,16-17,25H,6-8,13-15H2,1-5H3,(H,26,28). The van der Waals surface area contributed by atoms with E-state index in [0.29, 0.717) is 29.2 Å². The van der Waals surface area contributed by atoms with E-state index in [1.54, 1.807) is 21.3 Å². The Morgan fingerprint density at radius 2 is 1.52 bits per heavy atom. The predicted octanol–water partition coefficient (Wildman–Crippen LogP) is 3.27. The van der Waals surface area contributed by atoms with Crippen molar-refractivity contribution in [2.24, 2.45) is 0 Å². The first-order valence-electron chi connectivity index (χ1n) is 10.7. The van der Waals surface area contributed by atoms with Gasteiger partial charge in [-0.05, 0) is 67.9 Å². The molecule has 7 nitrogen and oxygen atoms in total. The first-order valence-corrected chi connectivity index (χ1v) is 10.7. The first-order chi connectivity index (χ1) is 15.1. The van der Waals surface area contributed by atoms with Gasteiger partial charge in [-0.15, -0.1) is 0 Å². The summed E-state index contributed by atoms with van der Waals surface area (Å²) in [6.07, 6.45) is 1.66. The van der Waals surface area contributed by atoms with Crippen molar-refractivity contribution in [1.29, 1.82) is 0 Å². The molecule has 0 aliphatic rings. The summed E-state index contributed by atoms with van der Waals surface area (Å²) in [4.78, 5) is 14.7. The summed E-state index contributed by atoms with van der Waals surface area (Å²) < 4.78 is 16.2. The zero-order valence-electron chi connectivity index (χ0n) is 19.3. The van der Waals surface area contributed by atoms with Gasteiger partial charge < -0.3 is 19.1 Å². The van der Waals surface area contributed by atoms with E-state index < -0.39 is 0 Å². The van der Waals surface area contributed by atoms with Crippen LogP contribution < -0.4 is 25.1 Å². The zero-order chi connectivity index (χ0) is 22.6. The summed E-state index contributed by atoms with van der Waals surface area (Å²) in [7, 11) is 4.79. The number of rotatable bonds is 13. The highest BCUT2D eigenvalue weighted by Gasteiger charge is 2.13. The second-order valence-corrected chi connectivity index (χ2v) is 7.17. The van der Waals surface area contributed by atoms with Gasteiger partial charge in [0, 0.05) is 12.1 Å². The summed E-state index contributed by atoms with van der Waals surface area (Å²) in [6.45, 7) is 8.16. The van der Waals surface area contributed by atoms with Gasteiger partial charge >= 0.3 is 0 Å². The molecule has 0 radical (unpaired) electrons. The summed E-state index contributed by atoms with van der Waals surface area (Å²) >= 11 is 0. The monoisotopic (exact) mass is 429 g/mol. The lowest BCUT2D eigenvalue weighted by atomic mass is 10.0. The average molecular weight is 430 g/mol. The molecular formula is C24H35N3O4. The largest absolute Gasteiger partial charge is 0.493 e. The highest BCUT2D eigenvalue weighted by molar-refractivity contribution is 5.93. The number of amides is 1.